The van der Waals surface area contributed by atoms with Crippen molar-refractivity contribution >= 4 is 0 Å². The molecule has 0 aromatic heterocycles. The first-order chi connectivity index (χ1) is 8.11. The molecule has 1 aliphatic rings. The van der Waals surface area contributed by atoms with Gasteiger partial charge in [0.15, 0.2) is 17.5 Å². The summed E-state index contributed by atoms with van der Waals surface area (Å²) in [5, 5.41) is 11.9. The van der Waals surface area contributed by atoms with Crippen LogP contribution in [0.5, 0.6) is 0 Å². The molecule has 2 atom stereocenters. The van der Waals surface area contributed by atoms with Crippen molar-refractivity contribution in [1.82, 2.24) is 5.32 Å². The Bertz CT molecular complexity index is 391. The van der Waals surface area contributed by atoms with Crippen molar-refractivity contribution in [1.29, 1.82) is 0 Å². The SMILES string of the molecule is OC[C@H]1COCC(c2cc(F)c(F)c(F)c2)N1. The van der Waals surface area contributed by atoms with Crippen molar-refractivity contribution in [3.8, 4) is 0 Å². The first-order valence-electron chi connectivity index (χ1n) is 5.21. The number of benzene rings is 1. The Kier molecular flexibility index (Phi) is 3.66. The molecule has 17 heavy (non-hydrogen) atoms. The monoisotopic (exact) mass is 247 g/mol. The molecule has 0 aliphatic carbocycles. The van der Waals surface area contributed by atoms with E-state index in [1.807, 2.05) is 0 Å². The maximum absolute atomic E-state index is 13.0. The summed E-state index contributed by atoms with van der Waals surface area (Å²) in [4.78, 5) is 0. The minimum atomic E-state index is -1.48. The topological polar surface area (TPSA) is 41.5 Å². The molecule has 3 nitrogen and oxygen atoms in total. The van der Waals surface area contributed by atoms with Crippen LogP contribution in [0.25, 0.3) is 0 Å². The molecule has 94 valence electrons. The number of nitrogens with one attached hydrogen (secondary N) is 1. The van der Waals surface area contributed by atoms with Gasteiger partial charge in [-0.25, -0.2) is 13.2 Å². The summed E-state index contributed by atoms with van der Waals surface area (Å²) in [6.45, 7) is 0.419. The highest BCUT2D eigenvalue weighted by Gasteiger charge is 2.24. The van der Waals surface area contributed by atoms with E-state index in [9.17, 15) is 13.2 Å². The van der Waals surface area contributed by atoms with Crippen LogP contribution in [0.2, 0.25) is 0 Å². The van der Waals surface area contributed by atoms with Gasteiger partial charge < -0.3 is 15.2 Å². The third-order valence-corrected chi connectivity index (χ3v) is 2.67. The van der Waals surface area contributed by atoms with Crippen molar-refractivity contribution in [3.63, 3.8) is 0 Å². The average molecular weight is 247 g/mol. The van der Waals surface area contributed by atoms with E-state index in [0.29, 0.717) is 6.61 Å². The quantitative estimate of drug-likeness (QED) is 0.770. The van der Waals surface area contributed by atoms with Gasteiger partial charge in [0, 0.05) is 0 Å². The Hall–Kier alpha value is -1.11. The summed E-state index contributed by atoms with van der Waals surface area (Å²) in [6, 6.07) is 1.12. The number of hydrogen-bond acceptors (Lipinski definition) is 3. The van der Waals surface area contributed by atoms with Gasteiger partial charge in [-0.15, -0.1) is 0 Å². The van der Waals surface area contributed by atoms with Crippen molar-refractivity contribution in [2.75, 3.05) is 19.8 Å². The molecule has 1 aliphatic heterocycles. The summed E-state index contributed by atoms with van der Waals surface area (Å²) >= 11 is 0. The first-order valence-corrected chi connectivity index (χ1v) is 5.21. The second-order valence-electron chi connectivity index (χ2n) is 3.93. The highest BCUT2D eigenvalue weighted by Crippen LogP contribution is 2.22. The van der Waals surface area contributed by atoms with Crippen LogP contribution >= 0.6 is 0 Å². The summed E-state index contributed by atoms with van der Waals surface area (Å²) in [7, 11) is 0. The molecule has 1 aromatic rings. The van der Waals surface area contributed by atoms with Gasteiger partial charge in [-0.1, -0.05) is 0 Å². The van der Waals surface area contributed by atoms with Gasteiger partial charge in [-0.05, 0) is 17.7 Å². The Morgan fingerprint density at radius 2 is 1.88 bits per heavy atom. The molecule has 0 saturated carbocycles. The van der Waals surface area contributed by atoms with Crippen LogP contribution in [-0.4, -0.2) is 31.0 Å². The molecule has 6 heteroatoms. The number of aliphatic hydroxyl groups is 1. The lowest BCUT2D eigenvalue weighted by Gasteiger charge is -2.30. The minimum absolute atomic E-state index is 0.136. The third-order valence-electron chi connectivity index (χ3n) is 2.67. The zero-order valence-electron chi connectivity index (χ0n) is 8.92. The van der Waals surface area contributed by atoms with E-state index < -0.39 is 23.5 Å². The van der Waals surface area contributed by atoms with Gasteiger partial charge in [-0.2, -0.15) is 0 Å². The van der Waals surface area contributed by atoms with Gasteiger partial charge in [0.25, 0.3) is 0 Å². The van der Waals surface area contributed by atoms with E-state index in [4.69, 9.17) is 9.84 Å². The summed E-state index contributed by atoms with van der Waals surface area (Å²) in [5.41, 5.74) is 0.263. The lowest BCUT2D eigenvalue weighted by Crippen LogP contribution is -2.45. The fourth-order valence-corrected chi connectivity index (χ4v) is 1.78. The maximum atomic E-state index is 13.0. The molecule has 2 N–H and O–H groups in total. The molecular formula is C11H12F3NO2. The maximum Gasteiger partial charge on any atom is 0.194 e. The number of aliphatic hydroxyl groups excluding tert-OH is 1. The number of halogens is 3. The van der Waals surface area contributed by atoms with Gasteiger partial charge in [-0.3, -0.25) is 0 Å². The summed E-state index contributed by atoms with van der Waals surface area (Å²) < 4.78 is 44.1. The van der Waals surface area contributed by atoms with Crippen LogP contribution in [-0.2, 0) is 4.74 Å². The lowest BCUT2D eigenvalue weighted by molar-refractivity contribution is 0.0263. The zero-order valence-corrected chi connectivity index (χ0v) is 8.92. The van der Waals surface area contributed by atoms with Gasteiger partial charge >= 0.3 is 0 Å². The van der Waals surface area contributed by atoms with E-state index in [1.165, 1.54) is 0 Å². The van der Waals surface area contributed by atoms with E-state index in [-0.39, 0.29) is 24.8 Å². The predicted octanol–water partition coefficient (Wildman–Crippen LogP) is 1.13. The lowest BCUT2D eigenvalue weighted by atomic mass is 10.0. The molecule has 0 bridgehead atoms. The number of ether oxygens (including phenoxy) is 1. The Morgan fingerprint density at radius 3 is 2.47 bits per heavy atom. The average Bonchev–Trinajstić information content (AvgIpc) is 2.35. The van der Waals surface area contributed by atoms with Crippen molar-refractivity contribution < 1.29 is 23.0 Å². The van der Waals surface area contributed by atoms with Crippen molar-refractivity contribution in [2.45, 2.75) is 12.1 Å². The summed E-state index contributed by atoms with van der Waals surface area (Å²) in [5.74, 6) is -3.94. The van der Waals surface area contributed by atoms with Crippen molar-refractivity contribution in [2.24, 2.45) is 0 Å². The summed E-state index contributed by atoms with van der Waals surface area (Å²) in [6.07, 6.45) is 0. The second-order valence-corrected chi connectivity index (χ2v) is 3.93. The van der Waals surface area contributed by atoms with Crippen molar-refractivity contribution in [3.05, 3.63) is 35.1 Å². The first kappa shape index (κ1) is 12.3. The smallest absolute Gasteiger partial charge is 0.194 e. The molecule has 1 saturated heterocycles. The van der Waals surface area contributed by atoms with Crippen LogP contribution in [0.1, 0.15) is 11.6 Å². The van der Waals surface area contributed by atoms with Crippen LogP contribution in [0.15, 0.2) is 12.1 Å². The van der Waals surface area contributed by atoms with Gasteiger partial charge in [0.05, 0.1) is 31.9 Å². The molecule has 0 radical (unpaired) electrons. The number of hydrogen-bond donors (Lipinski definition) is 2. The Morgan fingerprint density at radius 1 is 1.24 bits per heavy atom. The third kappa shape index (κ3) is 2.59. The van der Waals surface area contributed by atoms with Gasteiger partial charge in [0.1, 0.15) is 0 Å². The minimum Gasteiger partial charge on any atom is -0.395 e. The largest absolute Gasteiger partial charge is 0.395 e. The van der Waals surface area contributed by atoms with E-state index in [2.05, 4.69) is 5.32 Å². The molecule has 1 unspecified atom stereocenters. The molecule has 1 fully saturated rings. The molecular weight excluding hydrogens is 235 g/mol. The fourth-order valence-electron chi connectivity index (χ4n) is 1.78. The number of morpholine rings is 1. The Labute approximate surface area is 96.2 Å². The Balaban J connectivity index is 2.22. The zero-order chi connectivity index (χ0) is 12.4. The normalized spacial score (nSPS) is 24.9. The van der Waals surface area contributed by atoms with Crippen LogP contribution < -0.4 is 5.32 Å². The van der Waals surface area contributed by atoms with Crippen LogP contribution in [0, 0.1) is 17.5 Å². The fraction of sp³-hybridized carbons (Fsp3) is 0.455. The molecule has 0 spiro atoms. The van der Waals surface area contributed by atoms with Crippen LogP contribution in [0.3, 0.4) is 0 Å². The van der Waals surface area contributed by atoms with Crippen LogP contribution in [0.4, 0.5) is 13.2 Å². The number of rotatable bonds is 2. The van der Waals surface area contributed by atoms with E-state index in [1.54, 1.807) is 0 Å². The van der Waals surface area contributed by atoms with E-state index in [0.717, 1.165) is 12.1 Å². The highest BCUT2D eigenvalue weighted by molar-refractivity contribution is 5.23. The molecule has 1 aromatic carbocycles. The molecule has 1 heterocycles. The standard InChI is InChI=1S/C11H12F3NO2/c12-8-1-6(2-9(13)11(8)14)10-5-17-4-7(3-16)15-10/h1-2,7,10,15-16H,3-5H2/t7-,10?/m0/s1. The highest BCUT2D eigenvalue weighted by atomic mass is 19.2. The molecule has 0 amide bonds. The van der Waals surface area contributed by atoms with E-state index >= 15 is 0 Å². The second kappa shape index (κ2) is 5.03. The predicted molar refractivity (Wildman–Crippen MR) is 53.9 cm³/mol. The molecule has 2 rings (SSSR count). The van der Waals surface area contributed by atoms with Gasteiger partial charge in [0.2, 0.25) is 0 Å².